The van der Waals surface area contributed by atoms with Crippen LogP contribution in [0, 0.1) is 0 Å². The summed E-state index contributed by atoms with van der Waals surface area (Å²) in [4.78, 5) is 30.3. The highest BCUT2D eigenvalue weighted by Crippen LogP contribution is 2.20. The number of amides is 1. The van der Waals surface area contributed by atoms with E-state index in [1.165, 1.54) is 17.4 Å². The molecule has 3 rings (SSSR count). The van der Waals surface area contributed by atoms with Gasteiger partial charge in [0, 0.05) is 18.0 Å². The van der Waals surface area contributed by atoms with Gasteiger partial charge in [-0.2, -0.15) is 0 Å². The first-order chi connectivity index (χ1) is 11.7. The number of carbonyl (C=O) groups excluding carboxylic acids is 2. The summed E-state index contributed by atoms with van der Waals surface area (Å²) >= 11 is 1.47. The lowest BCUT2D eigenvalue weighted by molar-refractivity contribution is -0.153. The molecule has 1 aliphatic heterocycles. The number of likely N-dealkylation sites (tertiary alicyclic amines) is 1. The van der Waals surface area contributed by atoms with Crippen molar-refractivity contribution in [2.45, 2.75) is 25.5 Å². The Hall–Kier alpha value is -2.47. The van der Waals surface area contributed by atoms with Gasteiger partial charge in [-0.3, -0.25) is 4.79 Å². The number of hydrogen-bond donors (Lipinski definition) is 0. The van der Waals surface area contributed by atoms with Crippen LogP contribution in [0.15, 0.2) is 47.3 Å². The number of aromatic nitrogens is 1. The lowest BCUT2D eigenvalue weighted by Gasteiger charge is -2.21. The van der Waals surface area contributed by atoms with E-state index in [-0.39, 0.29) is 18.5 Å². The molecule has 1 aliphatic rings. The summed E-state index contributed by atoms with van der Waals surface area (Å²) in [6.07, 6.45) is 4.59. The number of carbonyl (C=O) groups is 2. The number of hydrogen-bond acceptors (Lipinski definition) is 5. The number of thiazole rings is 1. The molecular formula is C18H18N2O3S. The Morgan fingerprint density at radius 1 is 1.33 bits per heavy atom. The predicted molar refractivity (Wildman–Crippen MR) is 92.1 cm³/mol. The maximum Gasteiger partial charge on any atom is 0.329 e. The van der Waals surface area contributed by atoms with Crippen molar-refractivity contribution in [1.29, 1.82) is 0 Å². The first kappa shape index (κ1) is 16.4. The Morgan fingerprint density at radius 3 is 2.92 bits per heavy atom. The first-order valence-corrected chi connectivity index (χ1v) is 8.76. The van der Waals surface area contributed by atoms with Crippen molar-refractivity contribution < 1.29 is 14.3 Å². The maximum absolute atomic E-state index is 12.3. The molecule has 1 amide bonds. The summed E-state index contributed by atoms with van der Waals surface area (Å²) in [5, 5.41) is 1.86. The zero-order valence-corrected chi connectivity index (χ0v) is 13.9. The van der Waals surface area contributed by atoms with Crippen molar-refractivity contribution in [2.75, 3.05) is 6.54 Å². The summed E-state index contributed by atoms with van der Waals surface area (Å²) < 4.78 is 5.38. The molecule has 0 N–H and O–H groups in total. The number of benzene rings is 1. The Kier molecular flexibility index (Phi) is 5.38. The van der Waals surface area contributed by atoms with Crippen LogP contribution in [0.3, 0.4) is 0 Å². The van der Waals surface area contributed by atoms with E-state index in [4.69, 9.17) is 4.74 Å². The van der Waals surface area contributed by atoms with E-state index in [1.54, 1.807) is 16.5 Å². The molecule has 24 heavy (non-hydrogen) atoms. The molecule has 1 atom stereocenters. The normalized spacial score (nSPS) is 17.3. The van der Waals surface area contributed by atoms with E-state index in [1.807, 2.05) is 35.7 Å². The fourth-order valence-corrected chi connectivity index (χ4v) is 3.18. The molecule has 0 aliphatic carbocycles. The fourth-order valence-electron chi connectivity index (χ4n) is 2.66. The molecular weight excluding hydrogens is 324 g/mol. The maximum atomic E-state index is 12.3. The van der Waals surface area contributed by atoms with Crippen LogP contribution in [-0.2, 0) is 20.9 Å². The topological polar surface area (TPSA) is 59.5 Å². The van der Waals surface area contributed by atoms with Crippen molar-refractivity contribution in [1.82, 2.24) is 9.88 Å². The summed E-state index contributed by atoms with van der Waals surface area (Å²) in [5.74, 6) is -0.520. The highest BCUT2D eigenvalue weighted by Gasteiger charge is 2.34. The van der Waals surface area contributed by atoms with Crippen molar-refractivity contribution in [3.63, 3.8) is 0 Å². The van der Waals surface area contributed by atoms with Gasteiger partial charge in [-0.25, -0.2) is 9.78 Å². The number of esters is 1. The largest absolute Gasteiger partial charge is 0.459 e. The van der Waals surface area contributed by atoms with Gasteiger partial charge in [0.15, 0.2) is 0 Å². The summed E-state index contributed by atoms with van der Waals surface area (Å²) in [7, 11) is 0. The average molecular weight is 342 g/mol. The third kappa shape index (κ3) is 4.08. The Morgan fingerprint density at radius 2 is 2.17 bits per heavy atom. The molecule has 0 saturated carbocycles. The molecule has 5 nitrogen and oxygen atoms in total. The van der Waals surface area contributed by atoms with Crippen molar-refractivity contribution >= 4 is 29.3 Å². The molecule has 2 heterocycles. The molecule has 0 bridgehead atoms. The lowest BCUT2D eigenvalue weighted by atomic mass is 10.2. The van der Waals surface area contributed by atoms with Gasteiger partial charge in [-0.15, -0.1) is 11.3 Å². The van der Waals surface area contributed by atoms with Crippen LogP contribution in [0.4, 0.5) is 0 Å². The lowest BCUT2D eigenvalue weighted by Crippen LogP contribution is -2.40. The van der Waals surface area contributed by atoms with E-state index in [0.717, 1.165) is 17.7 Å². The minimum Gasteiger partial charge on any atom is -0.459 e. The Bertz CT molecular complexity index is 713. The van der Waals surface area contributed by atoms with E-state index < -0.39 is 6.04 Å². The number of ether oxygens (including phenoxy) is 1. The highest BCUT2D eigenvalue weighted by molar-refractivity contribution is 7.07. The van der Waals surface area contributed by atoms with Gasteiger partial charge in [0.2, 0.25) is 5.91 Å². The monoisotopic (exact) mass is 342 g/mol. The van der Waals surface area contributed by atoms with Crippen molar-refractivity contribution in [2.24, 2.45) is 0 Å². The molecule has 1 saturated heterocycles. The summed E-state index contributed by atoms with van der Waals surface area (Å²) in [6.45, 7) is 0.804. The van der Waals surface area contributed by atoms with Crippen LogP contribution >= 0.6 is 11.3 Å². The molecule has 1 fully saturated rings. The highest BCUT2D eigenvalue weighted by atomic mass is 32.1. The third-order valence-electron chi connectivity index (χ3n) is 3.88. The van der Waals surface area contributed by atoms with Gasteiger partial charge < -0.3 is 9.64 Å². The second kappa shape index (κ2) is 7.88. The van der Waals surface area contributed by atoms with Crippen LogP contribution in [-0.4, -0.2) is 34.3 Å². The minimum atomic E-state index is -0.499. The van der Waals surface area contributed by atoms with E-state index in [0.29, 0.717) is 13.0 Å². The second-order valence-corrected chi connectivity index (χ2v) is 6.25. The molecule has 124 valence electrons. The van der Waals surface area contributed by atoms with E-state index in [2.05, 4.69) is 4.98 Å². The molecule has 1 aromatic heterocycles. The SMILES string of the molecule is O=C(OCc1ccccc1)[C@H]1CCCN1C(=O)/C=C\c1cscn1. The Labute approximate surface area is 144 Å². The zero-order chi connectivity index (χ0) is 16.8. The van der Waals surface area contributed by atoms with E-state index >= 15 is 0 Å². The summed E-state index contributed by atoms with van der Waals surface area (Å²) in [6, 6.07) is 9.02. The molecule has 6 heteroatoms. The number of rotatable bonds is 5. The van der Waals surface area contributed by atoms with Gasteiger partial charge in [0.1, 0.15) is 12.6 Å². The number of nitrogens with zero attached hydrogens (tertiary/aromatic N) is 2. The van der Waals surface area contributed by atoms with Gasteiger partial charge >= 0.3 is 5.97 Å². The molecule has 0 spiro atoms. The molecule has 1 aromatic carbocycles. The van der Waals surface area contributed by atoms with E-state index in [9.17, 15) is 9.59 Å². The minimum absolute atomic E-state index is 0.179. The molecule has 2 aromatic rings. The van der Waals surface area contributed by atoms with Crippen LogP contribution in [0.2, 0.25) is 0 Å². The van der Waals surface area contributed by atoms with Crippen molar-refractivity contribution in [3.05, 3.63) is 58.6 Å². The Balaban J connectivity index is 1.58. The van der Waals surface area contributed by atoms with Gasteiger partial charge in [-0.05, 0) is 24.5 Å². The average Bonchev–Trinajstić information content (AvgIpc) is 3.30. The van der Waals surface area contributed by atoms with Crippen LogP contribution < -0.4 is 0 Å². The molecule has 0 unspecified atom stereocenters. The standard InChI is InChI=1S/C18H18N2O3S/c21-17(9-8-15-12-24-13-19-15)20-10-4-7-16(20)18(22)23-11-14-5-2-1-3-6-14/h1-3,5-6,8-9,12-13,16H,4,7,10-11H2/b9-8-/t16-/m1/s1. The summed E-state index contributed by atoms with van der Waals surface area (Å²) in [5.41, 5.74) is 3.39. The van der Waals surface area contributed by atoms with Gasteiger partial charge in [0.05, 0.1) is 11.2 Å². The quantitative estimate of drug-likeness (QED) is 0.619. The van der Waals surface area contributed by atoms with Crippen molar-refractivity contribution in [3.8, 4) is 0 Å². The molecule has 0 radical (unpaired) electrons. The van der Waals surface area contributed by atoms with Crippen LogP contribution in [0.1, 0.15) is 24.1 Å². The van der Waals surface area contributed by atoms with Crippen LogP contribution in [0.25, 0.3) is 6.08 Å². The van der Waals surface area contributed by atoms with Gasteiger partial charge in [0.25, 0.3) is 0 Å². The first-order valence-electron chi connectivity index (χ1n) is 7.81. The zero-order valence-electron chi connectivity index (χ0n) is 13.1. The predicted octanol–water partition coefficient (Wildman–Crippen LogP) is 2.89. The van der Waals surface area contributed by atoms with Gasteiger partial charge in [-0.1, -0.05) is 30.3 Å². The second-order valence-electron chi connectivity index (χ2n) is 5.53. The third-order valence-corrected chi connectivity index (χ3v) is 4.48. The fraction of sp³-hybridized carbons (Fsp3) is 0.278. The van der Waals surface area contributed by atoms with Crippen LogP contribution in [0.5, 0.6) is 0 Å². The smallest absolute Gasteiger partial charge is 0.329 e.